The van der Waals surface area contributed by atoms with Gasteiger partial charge in [0, 0.05) is 37.5 Å². The van der Waals surface area contributed by atoms with Crippen molar-refractivity contribution in [2.24, 2.45) is 0 Å². The minimum atomic E-state index is -0.372. The number of hydrogen-bond donors (Lipinski definition) is 1. The Morgan fingerprint density at radius 2 is 2.12 bits per heavy atom. The number of hydrogen-bond acceptors (Lipinski definition) is 4. The number of rotatable bonds is 2. The Morgan fingerprint density at radius 3 is 2.69 bits per heavy atom. The predicted octanol–water partition coefficient (Wildman–Crippen LogP) is 1.77. The van der Waals surface area contributed by atoms with E-state index in [0.717, 1.165) is 25.3 Å². The highest BCUT2D eigenvalue weighted by Crippen LogP contribution is 2.21. The molecule has 0 bridgehead atoms. The lowest BCUT2D eigenvalue weighted by Crippen LogP contribution is -2.47. The van der Waals surface area contributed by atoms with Crippen LogP contribution in [0.1, 0.15) is 0 Å². The van der Waals surface area contributed by atoms with Crippen molar-refractivity contribution in [1.82, 2.24) is 5.32 Å². The molecule has 1 aliphatic rings. The Balaban J connectivity index is 2.11. The average Bonchev–Trinajstić information content (AvgIpc) is 2.29. The highest BCUT2D eigenvalue weighted by molar-refractivity contribution is 14.1. The molecule has 1 fully saturated rings. The van der Waals surface area contributed by atoms with Gasteiger partial charge in [-0.3, -0.25) is 10.1 Å². The number of nitrogens with zero attached hydrogens (tertiary/aromatic N) is 2. The van der Waals surface area contributed by atoms with E-state index in [-0.39, 0.29) is 10.6 Å². The molecule has 5 nitrogen and oxygen atoms in total. The molecule has 0 aromatic heterocycles. The topological polar surface area (TPSA) is 58.4 Å². The molecule has 1 atom stereocenters. The fourth-order valence-electron chi connectivity index (χ4n) is 1.73. The van der Waals surface area contributed by atoms with Crippen molar-refractivity contribution in [1.29, 1.82) is 0 Å². The van der Waals surface area contributed by atoms with E-state index in [0.29, 0.717) is 4.05 Å². The zero-order valence-electron chi connectivity index (χ0n) is 8.60. The molecule has 0 unspecified atom stereocenters. The van der Waals surface area contributed by atoms with Gasteiger partial charge in [-0.05, 0) is 12.1 Å². The van der Waals surface area contributed by atoms with Gasteiger partial charge in [-0.2, -0.15) is 0 Å². The van der Waals surface area contributed by atoms with Crippen LogP contribution < -0.4 is 10.2 Å². The molecule has 1 aliphatic heterocycles. The molecule has 2 rings (SSSR count). The van der Waals surface area contributed by atoms with E-state index >= 15 is 0 Å². The number of piperazine rings is 1. The Morgan fingerprint density at radius 1 is 1.44 bits per heavy atom. The number of anilines is 1. The Labute approximate surface area is 107 Å². The minimum Gasteiger partial charge on any atom is -0.368 e. The molecule has 1 aromatic carbocycles. The molecule has 1 N–H and O–H groups in total. The van der Waals surface area contributed by atoms with Gasteiger partial charge in [0.05, 0.1) is 8.97 Å². The van der Waals surface area contributed by atoms with Crippen LogP contribution in [0.15, 0.2) is 24.3 Å². The molecule has 0 amide bonds. The first-order chi connectivity index (χ1) is 7.66. The molecule has 1 aromatic rings. The number of non-ortho nitro benzene ring substituents is 1. The molecule has 0 radical (unpaired) electrons. The Hall–Kier alpha value is -0.890. The van der Waals surface area contributed by atoms with Gasteiger partial charge in [0.15, 0.2) is 0 Å². The molecule has 6 heteroatoms. The summed E-state index contributed by atoms with van der Waals surface area (Å²) in [5.74, 6) is 0. The van der Waals surface area contributed by atoms with Crippen LogP contribution in [0.25, 0.3) is 0 Å². The van der Waals surface area contributed by atoms with Gasteiger partial charge in [0.2, 0.25) is 0 Å². The van der Waals surface area contributed by atoms with Crippen molar-refractivity contribution in [3.63, 3.8) is 0 Å². The van der Waals surface area contributed by atoms with Gasteiger partial charge < -0.3 is 10.2 Å². The molecule has 0 saturated carbocycles. The van der Waals surface area contributed by atoms with Crippen molar-refractivity contribution >= 4 is 34.0 Å². The normalized spacial score (nSPS) is 20.8. The van der Waals surface area contributed by atoms with E-state index in [1.54, 1.807) is 12.1 Å². The zero-order chi connectivity index (χ0) is 11.5. The van der Waals surface area contributed by atoms with E-state index < -0.39 is 0 Å². The smallest absolute Gasteiger partial charge is 0.269 e. The van der Waals surface area contributed by atoms with Crippen molar-refractivity contribution in [3.8, 4) is 0 Å². The van der Waals surface area contributed by atoms with Gasteiger partial charge in [-0.15, -0.1) is 0 Å². The number of nitrogens with one attached hydrogen (secondary N) is 1. The van der Waals surface area contributed by atoms with Crippen LogP contribution in [-0.4, -0.2) is 28.6 Å². The van der Waals surface area contributed by atoms with Crippen LogP contribution in [0.4, 0.5) is 11.4 Å². The van der Waals surface area contributed by atoms with Crippen LogP contribution in [0, 0.1) is 10.1 Å². The van der Waals surface area contributed by atoms with Crippen molar-refractivity contribution in [2.45, 2.75) is 4.05 Å². The molecule has 0 aliphatic carbocycles. The third kappa shape index (κ3) is 2.62. The van der Waals surface area contributed by atoms with Gasteiger partial charge >= 0.3 is 0 Å². The van der Waals surface area contributed by atoms with E-state index in [1.807, 2.05) is 12.1 Å². The fraction of sp³-hybridized carbons (Fsp3) is 0.400. The maximum absolute atomic E-state index is 10.5. The van der Waals surface area contributed by atoms with Crippen molar-refractivity contribution < 1.29 is 4.92 Å². The number of benzene rings is 1. The maximum Gasteiger partial charge on any atom is 0.269 e. The molecular weight excluding hydrogens is 321 g/mol. The SMILES string of the molecule is O=[N+]([O-])c1ccc(N2CCN[C@@H](I)C2)cc1. The van der Waals surface area contributed by atoms with Gasteiger partial charge in [0.1, 0.15) is 0 Å². The third-order valence-corrected chi connectivity index (χ3v) is 3.39. The second-order valence-corrected chi connectivity index (χ2v) is 5.14. The quantitative estimate of drug-likeness (QED) is 0.295. The average molecular weight is 333 g/mol. The first-order valence-corrected chi connectivity index (χ1v) is 6.28. The largest absolute Gasteiger partial charge is 0.368 e. The van der Waals surface area contributed by atoms with E-state index in [4.69, 9.17) is 0 Å². The predicted molar refractivity (Wildman–Crippen MR) is 71.1 cm³/mol. The lowest BCUT2D eigenvalue weighted by atomic mass is 10.2. The highest BCUT2D eigenvalue weighted by atomic mass is 127. The zero-order valence-corrected chi connectivity index (χ0v) is 10.8. The number of alkyl halides is 1. The molecule has 1 saturated heterocycles. The summed E-state index contributed by atoms with van der Waals surface area (Å²) in [6, 6.07) is 6.73. The minimum absolute atomic E-state index is 0.143. The van der Waals surface area contributed by atoms with Crippen LogP contribution in [0.2, 0.25) is 0 Å². The third-order valence-electron chi connectivity index (χ3n) is 2.55. The first kappa shape index (κ1) is 11.6. The monoisotopic (exact) mass is 333 g/mol. The van der Waals surface area contributed by atoms with Crippen LogP contribution in [0.5, 0.6) is 0 Å². The highest BCUT2D eigenvalue weighted by Gasteiger charge is 2.17. The maximum atomic E-state index is 10.5. The summed E-state index contributed by atoms with van der Waals surface area (Å²) in [4.78, 5) is 12.4. The Kier molecular flexibility index (Phi) is 3.59. The lowest BCUT2D eigenvalue weighted by Gasteiger charge is -2.32. The summed E-state index contributed by atoms with van der Waals surface area (Å²) in [6.07, 6.45) is 0. The van der Waals surface area contributed by atoms with E-state index in [2.05, 4.69) is 32.8 Å². The molecular formula is C10H12IN3O2. The first-order valence-electron chi connectivity index (χ1n) is 5.03. The number of halogens is 1. The molecule has 0 spiro atoms. The standard InChI is InChI=1S/C10H12IN3O2/c11-10-7-13(6-5-12-10)8-1-3-9(4-2-8)14(15)16/h1-4,10,12H,5-7H2/t10-/m1/s1. The van der Waals surface area contributed by atoms with Crippen molar-refractivity contribution in [2.75, 3.05) is 24.5 Å². The second-order valence-electron chi connectivity index (χ2n) is 3.64. The number of nitro benzene ring substituents is 1. The molecule has 1 heterocycles. The summed E-state index contributed by atoms with van der Waals surface area (Å²) in [5, 5.41) is 13.9. The summed E-state index contributed by atoms with van der Waals surface area (Å²) in [5.41, 5.74) is 1.19. The van der Waals surface area contributed by atoms with Gasteiger partial charge in [0.25, 0.3) is 5.69 Å². The molecule has 16 heavy (non-hydrogen) atoms. The number of nitro groups is 1. The summed E-state index contributed by atoms with van der Waals surface area (Å²) < 4.78 is 0.432. The van der Waals surface area contributed by atoms with Crippen LogP contribution in [0.3, 0.4) is 0 Å². The second kappa shape index (κ2) is 4.96. The molecule has 86 valence electrons. The van der Waals surface area contributed by atoms with Crippen LogP contribution in [-0.2, 0) is 0 Å². The van der Waals surface area contributed by atoms with Crippen LogP contribution >= 0.6 is 22.6 Å². The van der Waals surface area contributed by atoms with Gasteiger partial charge in [-0.25, -0.2) is 0 Å². The summed E-state index contributed by atoms with van der Waals surface area (Å²) >= 11 is 2.36. The van der Waals surface area contributed by atoms with Gasteiger partial charge in [-0.1, -0.05) is 22.6 Å². The van der Waals surface area contributed by atoms with E-state index in [9.17, 15) is 10.1 Å². The van der Waals surface area contributed by atoms with E-state index in [1.165, 1.54) is 0 Å². The Bertz CT molecular complexity index is 382. The summed E-state index contributed by atoms with van der Waals surface area (Å²) in [6.45, 7) is 2.82. The summed E-state index contributed by atoms with van der Waals surface area (Å²) in [7, 11) is 0. The van der Waals surface area contributed by atoms with Crippen molar-refractivity contribution in [3.05, 3.63) is 34.4 Å². The fourth-order valence-corrected chi connectivity index (χ4v) is 2.51. The lowest BCUT2D eigenvalue weighted by molar-refractivity contribution is -0.384.